The zero-order valence-corrected chi connectivity index (χ0v) is 53.8. The van der Waals surface area contributed by atoms with E-state index in [2.05, 4.69) is 420 Å². The van der Waals surface area contributed by atoms with Crippen LogP contribution in [0.1, 0.15) is 0 Å². The lowest BCUT2D eigenvalue weighted by atomic mass is 9.94. The molecule has 0 saturated carbocycles. The van der Waals surface area contributed by atoms with E-state index in [1.54, 1.807) is 0 Å². The second-order valence-electron chi connectivity index (χ2n) is 24.1. The van der Waals surface area contributed by atoms with Crippen molar-refractivity contribution in [2.24, 2.45) is 0 Å². The van der Waals surface area contributed by atoms with Crippen LogP contribution in [0.15, 0.2) is 400 Å². The molecule has 0 bridgehead atoms. The van der Waals surface area contributed by atoms with Gasteiger partial charge in [0.1, 0.15) is 0 Å². The van der Waals surface area contributed by atoms with E-state index in [0.29, 0.717) is 0 Å². The van der Waals surface area contributed by atoms with E-state index in [9.17, 15) is 0 Å². The van der Waals surface area contributed by atoms with E-state index in [0.717, 1.165) is 135 Å². The number of rotatable bonds is 18. The number of aromatic nitrogens is 2. The number of benzene rings is 15. The highest BCUT2D eigenvalue weighted by atomic mass is 15.2. The second-order valence-corrected chi connectivity index (χ2v) is 24.1. The quantitative estimate of drug-likeness (QED) is 0.0852. The minimum absolute atomic E-state index is 0.768. The molecule has 0 unspecified atom stereocenters. The van der Waals surface area contributed by atoms with Crippen LogP contribution in [0.25, 0.3) is 78.1 Å². The Hall–Kier alpha value is -13.2. The van der Waals surface area contributed by atoms with Crippen molar-refractivity contribution in [2.75, 3.05) is 19.6 Å². The molecule has 0 saturated heterocycles. The third-order valence-electron chi connectivity index (χ3n) is 18.0. The van der Waals surface area contributed by atoms with Gasteiger partial charge in [-0.15, -0.1) is 0 Å². The van der Waals surface area contributed by atoms with E-state index < -0.39 is 0 Å². The summed E-state index contributed by atoms with van der Waals surface area (Å²) in [7, 11) is 0. The summed E-state index contributed by atoms with van der Waals surface area (Å²) in [5, 5.41) is 0. The summed E-state index contributed by atoms with van der Waals surface area (Å²) in [6, 6.07) is 142. The molecule has 0 atom stereocenters. The van der Waals surface area contributed by atoms with Crippen molar-refractivity contribution in [1.82, 2.24) is 9.97 Å². The third kappa shape index (κ3) is 12.4. The lowest BCUT2D eigenvalue weighted by Gasteiger charge is -2.28. The number of nitrogens with zero attached hydrogens (tertiary/aromatic N) is 6. The van der Waals surface area contributed by atoms with E-state index in [4.69, 9.17) is 9.97 Å². The van der Waals surface area contributed by atoms with Gasteiger partial charge < -0.3 is 19.6 Å². The van der Waals surface area contributed by atoms with E-state index in [-0.39, 0.29) is 0 Å². The van der Waals surface area contributed by atoms with Gasteiger partial charge in [-0.05, 0) is 179 Å². The van der Waals surface area contributed by atoms with Gasteiger partial charge in [0.2, 0.25) is 0 Å². The first-order valence-electron chi connectivity index (χ1n) is 33.2. The molecule has 6 heteroatoms. The Morgan fingerprint density at radius 2 is 0.296 bits per heavy atom. The Kier molecular flexibility index (Phi) is 16.7. The fourth-order valence-electron chi connectivity index (χ4n) is 13.2. The topological polar surface area (TPSA) is 38.7 Å². The first kappa shape index (κ1) is 59.8. The second kappa shape index (κ2) is 27.4. The number of para-hydroxylation sites is 6. The number of anilines is 12. The van der Waals surface area contributed by atoms with E-state index in [1.165, 1.54) is 11.1 Å². The lowest BCUT2D eigenvalue weighted by molar-refractivity contribution is 1.25. The molecule has 0 N–H and O–H groups in total. The van der Waals surface area contributed by atoms with Crippen molar-refractivity contribution in [1.29, 1.82) is 0 Å². The maximum atomic E-state index is 5.92. The molecule has 464 valence electrons. The van der Waals surface area contributed by atoms with Crippen LogP contribution < -0.4 is 19.6 Å². The lowest BCUT2D eigenvalue weighted by Crippen LogP contribution is -2.12. The summed E-state index contributed by atoms with van der Waals surface area (Å²) in [5.74, 6) is 0. The Balaban J connectivity index is 0.839. The van der Waals surface area contributed by atoms with Gasteiger partial charge in [-0.3, -0.25) is 0 Å². The Morgan fingerprint density at radius 3 is 0.520 bits per heavy atom. The minimum atomic E-state index is 0.768. The molecular weight excluding hydrogens is 1190 g/mol. The van der Waals surface area contributed by atoms with Gasteiger partial charge in [0.15, 0.2) is 0 Å². The van der Waals surface area contributed by atoms with Gasteiger partial charge in [-0.25, -0.2) is 9.97 Å². The van der Waals surface area contributed by atoms with Crippen molar-refractivity contribution in [3.63, 3.8) is 0 Å². The summed E-state index contributed by atoms with van der Waals surface area (Å²) in [6.45, 7) is 0. The first-order valence-corrected chi connectivity index (χ1v) is 33.2. The van der Waals surface area contributed by atoms with Crippen LogP contribution in [0.3, 0.4) is 0 Å². The van der Waals surface area contributed by atoms with Gasteiger partial charge in [0, 0.05) is 90.5 Å². The third-order valence-corrected chi connectivity index (χ3v) is 18.0. The molecule has 98 heavy (non-hydrogen) atoms. The minimum Gasteiger partial charge on any atom is -0.311 e. The number of hydrogen-bond acceptors (Lipinski definition) is 6. The average molecular weight is 1260 g/mol. The highest BCUT2D eigenvalue weighted by Crippen LogP contribution is 2.45. The van der Waals surface area contributed by atoms with E-state index in [1.807, 2.05) is 0 Å². The van der Waals surface area contributed by atoms with Crippen molar-refractivity contribution >= 4 is 79.3 Å². The Bertz CT molecular complexity index is 4870. The maximum absolute atomic E-state index is 5.92. The molecule has 0 amide bonds. The van der Waals surface area contributed by atoms with Crippen molar-refractivity contribution in [3.05, 3.63) is 400 Å². The summed E-state index contributed by atoms with van der Waals surface area (Å²) < 4.78 is 0. The standard InChI is InChI=1S/C92H66N6/c1-9-25-67(26-10-1)69-41-45-71(46-42-69)87-65-66-88(72-47-43-70(44-48-72)68-27-11-2-12-28-68)92-91(87)93-89(73-49-53-81(54-50-73)97(79-37-21-7-22-38-79)85-61-57-83(58-62-85)95(75-29-13-3-14-30-75)76-31-15-4-16-32-76)90(94-92)74-51-55-82(56-52-74)98(80-39-23-8-24-40-80)86-63-59-84(60-64-86)96(77-33-17-5-18-34-77)78-35-19-6-20-36-78/h1-66H. The monoisotopic (exact) mass is 1250 g/mol. The predicted molar refractivity (Wildman–Crippen MR) is 411 cm³/mol. The molecule has 1 heterocycles. The van der Waals surface area contributed by atoms with Gasteiger partial charge in [0.25, 0.3) is 0 Å². The van der Waals surface area contributed by atoms with Crippen LogP contribution in [0.2, 0.25) is 0 Å². The van der Waals surface area contributed by atoms with Gasteiger partial charge in [0.05, 0.1) is 22.4 Å². The highest BCUT2D eigenvalue weighted by Gasteiger charge is 2.23. The van der Waals surface area contributed by atoms with Crippen LogP contribution in [0.5, 0.6) is 0 Å². The summed E-state index contributed by atoms with van der Waals surface area (Å²) >= 11 is 0. The maximum Gasteiger partial charge on any atom is 0.0979 e. The first-order chi connectivity index (χ1) is 48.6. The van der Waals surface area contributed by atoms with Gasteiger partial charge in [-0.1, -0.05) is 255 Å². The molecular formula is C92H66N6. The molecule has 0 spiro atoms. The molecule has 15 aromatic carbocycles. The molecule has 16 aromatic rings. The predicted octanol–water partition coefficient (Wildman–Crippen LogP) is 25.5. The molecule has 0 fully saturated rings. The SMILES string of the molecule is c1ccc(-c2ccc(-c3ccc(-c4ccc(-c5ccccc5)cc4)c4nc(-c5ccc(N(c6ccccc6)c6ccc(N(c7ccccc7)c7ccccc7)cc6)cc5)c(-c5ccc(N(c6ccccc6)c6ccc(N(c7ccccc7)c7ccccc7)cc6)cc5)nc34)cc2)cc1. The Morgan fingerprint density at radius 1 is 0.133 bits per heavy atom. The molecule has 1 aromatic heterocycles. The summed E-state index contributed by atoms with van der Waals surface area (Å²) in [4.78, 5) is 21.1. The number of fused-ring (bicyclic) bond motifs is 1. The zero-order chi connectivity index (χ0) is 65.4. The smallest absolute Gasteiger partial charge is 0.0979 e. The molecule has 0 radical (unpaired) electrons. The van der Waals surface area contributed by atoms with Crippen LogP contribution in [-0.4, -0.2) is 9.97 Å². The van der Waals surface area contributed by atoms with Gasteiger partial charge in [-0.2, -0.15) is 0 Å². The van der Waals surface area contributed by atoms with Crippen molar-refractivity contribution < 1.29 is 0 Å². The van der Waals surface area contributed by atoms with Crippen LogP contribution in [-0.2, 0) is 0 Å². The molecule has 0 aliphatic rings. The highest BCUT2D eigenvalue weighted by molar-refractivity contribution is 6.03. The summed E-state index contributed by atoms with van der Waals surface area (Å²) in [5.41, 5.74) is 26.3. The zero-order valence-electron chi connectivity index (χ0n) is 53.8. The van der Waals surface area contributed by atoms with Crippen LogP contribution in [0.4, 0.5) is 68.2 Å². The number of hydrogen-bond donors (Lipinski definition) is 0. The fourth-order valence-corrected chi connectivity index (χ4v) is 13.2. The molecule has 0 aliphatic carbocycles. The van der Waals surface area contributed by atoms with Crippen molar-refractivity contribution in [3.8, 4) is 67.0 Å². The van der Waals surface area contributed by atoms with Crippen molar-refractivity contribution in [2.45, 2.75) is 0 Å². The average Bonchev–Trinajstić information content (AvgIpc) is 0.758. The summed E-state index contributed by atoms with van der Waals surface area (Å²) in [6.07, 6.45) is 0. The molecule has 16 rings (SSSR count). The fraction of sp³-hybridized carbons (Fsp3) is 0. The molecule has 0 aliphatic heterocycles. The van der Waals surface area contributed by atoms with E-state index >= 15 is 0 Å². The van der Waals surface area contributed by atoms with Crippen LogP contribution >= 0.6 is 0 Å². The van der Waals surface area contributed by atoms with Gasteiger partial charge >= 0.3 is 0 Å². The normalized spacial score (nSPS) is 11.1. The largest absolute Gasteiger partial charge is 0.311 e. The Labute approximate surface area is 572 Å². The van der Waals surface area contributed by atoms with Crippen LogP contribution in [0, 0.1) is 0 Å². The molecule has 6 nitrogen and oxygen atoms in total.